The molecule has 2 rings (SSSR count). The van der Waals surface area contributed by atoms with Crippen molar-refractivity contribution in [2.45, 2.75) is 32.9 Å². The summed E-state index contributed by atoms with van der Waals surface area (Å²) in [6.45, 7) is 6.68. The predicted octanol–water partition coefficient (Wildman–Crippen LogP) is 3.24. The van der Waals surface area contributed by atoms with Crippen LogP contribution in [0.4, 0.5) is 8.78 Å². The molecule has 2 aromatic rings. The summed E-state index contributed by atoms with van der Waals surface area (Å²) in [6, 6.07) is 3.36. The molecule has 0 saturated carbocycles. The highest BCUT2D eigenvalue weighted by atomic mass is 19.1. The number of aromatic nitrogens is 2. The maximum Gasteiger partial charge on any atom is 0.132 e. The first kappa shape index (κ1) is 13.7. The van der Waals surface area contributed by atoms with Gasteiger partial charge in [0, 0.05) is 11.1 Å². The van der Waals surface area contributed by atoms with Gasteiger partial charge in [-0.25, -0.2) is 13.8 Å². The van der Waals surface area contributed by atoms with Crippen molar-refractivity contribution in [1.82, 2.24) is 15.3 Å². The Kier molecular flexibility index (Phi) is 3.66. The molecule has 0 saturated heterocycles. The van der Waals surface area contributed by atoms with Crippen LogP contribution in [0.15, 0.2) is 24.4 Å². The predicted molar refractivity (Wildman–Crippen MR) is 70.5 cm³/mol. The molecule has 1 aromatic carbocycles. The molecule has 0 bridgehead atoms. The van der Waals surface area contributed by atoms with E-state index in [4.69, 9.17) is 0 Å². The van der Waals surface area contributed by atoms with Gasteiger partial charge in [0.25, 0.3) is 0 Å². The molecule has 0 fully saturated rings. The fourth-order valence-electron chi connectivity index (χ4n) is 1.64. The summed E-state index contributed by atoms with van der Waals surface area (Å²) in [5, 5.41) is 3.27. The summed E-state index contributed by atoms with van der Waals surface area (Å²) in [7, 11) is 0. The molecule has 0 atom stereocenters. The fraction of sp³-hybridized carbons (Fsp3) is 0.357. The van der Waals surface area contributed by atoms with E-state index in [9.17, 15) is 8.78 Å². The van der Waals surface area contributed by atoms with Crippen LogP contribution in [0.1, 0.15) is 26.6 Å². The van der Waals surface area contributed by atoms with E-state index < -0.39 is 11.6 Å². The van der Waals surface area contributed by atoms with Crippen LogP contribution >= 0.6 is 0 Å². The molecular weight excluding hydrogens is 248 g/mol. The largest absolute Gasteiger partial charge is 0.341 e. The van der Waals surface area contributed by atoms with Gasteiger partial charge in [0.2, 0.25) is 0 Å². The minimum Gasteiger partial charge on any atom is -0.341 e. The molecular formula is C14H17F2N3. The number of benzene rings is 1. The average molecular weight is 265 g/mol. The highest BCUT2D eigenvalue weighted by Gasteiger charge is 2.12. The van der Waals surface area contributed by atoms with E-state index in [1.165, 1.54) is 6.20 Å². The maximum atomic E-state index is 13.6. The van der Waals surface area contributed by atoms with Gasteiger partial charge in [-0.05, 0) is 39.0 Å². The summed E-state index contributed by atoms with van der Waals surface area (Å²) in [5.41, 5.74) is 0.633. The number of H-pyrrole nitrogens is 1. The average Bonchev–Trinajstić information content (AvgIpc) is 2.77. The molecule has 19 heavy (non-hydrogen) atoms. The molecule has 0 amide bonds. The third-order valence-electron chi connectivity index (χ3n) is 2.63. The number of nitrogens with zero attached hydrogens (tertiary/aromatic N) is 1. The van der Waals surface area contributed by atoms with Crippen LogP contribution in [0.5, 0.6) is 0 Å². The van der Waals surface area contributed by atoms with Crippen molar-refractivity contribution >= 4 is 0 Å². The zero-order valence-corrected chi connectivity index (χ0v) is 11.2. The standard InChI is InChI=1S/C14H17F2N3/c1-14(2,3)18-8-13-17-7-12(19-13)10-6-9(15)4-5-11(10)16/h4-7,18H,8H2,1-3H3,(H,17,19). The van der Waals surface area contributed by atoms with Crippen molar-refractivity contribution in [3.8, 4) is 11.3 Å². The van der Waals surface area contributed by atoms with Gasteiger partial charge in [-0.3, -0.25) is 0 Å². The highest BCUT2D eigenvalue weighted by molar-refractivity contribution is 5.59. The zero-order chi connectivity index (χ0) is 14.0. The summed E-state index contributed by atoms with van der Waals surface area (Å²) < 4.78 is 26.7. The number of imidazole rings is 1. The first-order valence-corrected chi connectivity index (χ1v) is 6.09. The summed E-state index contributed by atoms with van der Waals surface area (Å²) in [6.07, 6.45) is 1.51. The molecule has 102 valence electrons. The lowest BCUT2D eigenvalue weighted by Crippen LogP contribution is -2.35. The number of rotatable bonds is 3. The van der Waals surface area contributed by atoms with Crippen molar-refractivity contribution in [2.75, 3.05) is 0 Å². The van der Waals surface area contributed by atoms with E-state index >= 15 is 0 Å². The lowest BCUT2D eigenvalue weighted by atomic mass is 10.1. The second-order valence-corrected chi connectivity index (χ2v) is 5.47. The second kappa shape index (κ2) is 5.09. The van der Waals surface area contributed by atoms with Crippen LogP contribution in [0.25, 0.3) is 11.3 Å². The van der Waals surface area contributed by atoms with Gasteiger partial charge < -0.3 is 10.3 Å². The molecule has 0 unspecified atom stereocenters. The van der Waals surface area contributed by atoms with E-state index in [-0.39, 0.29) is 11.1 Å². The van der Waals surface area contributed by atoms with Gasteiger partial charge in [-0.1, -0.05) is 0 Å². The van der Waals surface area contributed by atoms with E-state index in [2.05, 4.69) is 15.3 Å². The smallest absolute Gasteiger partial charge is 0.132 e. The van der Waals surface area contributed by atoms with Gasteiger partial charge in [0.05, 0.1) is 18.4 Å². The van der Waals surface area contributed by atoms with Crippen LogP contribution in [0.2, 0.25) is 0 Å². The van der Waals surface area contributed by atoms with Crippen molar-refractivity contribution in [1.29, 1.82) is 0 Å². The third-order valence-corrected chi connectivity index (χ3v) is 2.63. The third kappa shape index (κ3) is 3.61. The normalized spacial score (nSPS) is 11.8. The lowest BCUT2D eigenvalue weighted by Gasteiger charge is -2.19. The van der Waals surface area contributed by atoms with Crippen molar-refractivity contribution in [2.24, 2.45) is 0 Å². The monoisotopic (exact) mass is 265 g/mol. The van der Waals surface area contributed by atoms with Crippen molar-refractivity contribution in [3.63, 3.8) is 0 Å². The summed E-state index contributed by atoms with van der Waals surface area (Å²) >= 11 is 0. The molecule has 0 spiro atoms. The first-order chi connectivity index (χ1) is 8.85. The Morgan fingerprint density at radius 3 is 2.68 bits per heavy atom. The first-order valence-electron chi connectivity index (χ1n) is 6.09. The highest BCUT2D eigenvalue weighted by Crippen LogP contribution is 2.22. The van der Waals surface area contributed by atoms with Gasteiger partial charge in [0.15, 0.2) is 0 Å². The van der Waals surface area contributed by atoms with Crippen molar-refractivity contribution in [3.05, 3.63) is 41.9 Å². The molecule has 0 radical (unpaired) electrons. The SMILES string of the molecule is CC(C)(C)NCc1ncc(-c2cc(F)ccc2F)[nH]1. The number of hydrogen-bond donors (Lipinski definition) is 2. The van der Waals surface area contributed by atoms with Crippen LogP contribution in [-0.2, 0) is 6.54 Å². The Hall–Kier alpha value is -1.75. The van der Waals surface area contributed by atoms with E-state index in [1.807, 2.05) is 20.8 Å². The Bertz CT molecular complexity index is 570. The number of nitrogens with one attached hydrogen (secondary N) is 2. The molecule has 1 heterocycles. The topological polar surface area (TPSA) is 40.7 Å². The Balaban J connectivity index is 2.19. The Morgan fingerprint density at radius 2 is 2.00 bits per heavy atom. The molecule has 0 aliphatic carbocycles. The minimum absolute atomic E-state index is 0.0307. The lowest BCUT2D eigenvalue weighted by molar-refractivity contribution is 0.418. The molecule has 1 aromatic heterocycles. The van der Waals surface area contributed by atoms with Crippen LogP contribution < -0.4 is 5.32 Å². The molecule has 0 aliphatic rings. The maximum absolute atomic E-state index is 13.6. The number of halogens is 2. The van der Waals surface area contributed by atoms with E-state index in [0.29, 0.717) is 18.1 Å². The molecule has 3 nitrogen and oxygen atoms in total. The minimum atomic E-state index is -0.472. The Morgan fingerprint density at radius 1 is 1.26 bits per heavy atom. The van der Waals surface area contributed by atoms with Crippen LogP contribution in [0.3, 0.4) is 0 Å². The van der Waals surface area contributed by atoms with Gasteiger partial charge in [-0.15, -0.1) is 0 Å². The molecule has 5 heteroatoms. The second-order valence-electron chi connectivity index (χ2n) is 5.47. The van der Waals surface area contributed by atoms with E-state index in [1.54, 1.807) is 0 Å². The van der Waals surface area contributed by atoms with Crippen LogP contribution in [-0.4, -0.2) is 15.5 Å². The Labute approximate surface area is 111 Å². The van der Waals surface area contributed by atoms with Crippen molar-refractivity contribution < 1.29 is 8.78 Å². The molecule has 0 aliphatic heterocycles. The van der Waals surface area contributed by atoms with E-state index in [0.717, 1.165) is 18.2 Å². The fourth-order valence-corrected chi connectivity index (χ4v) is 1.64. The summed E-state index contributed by atoms with van der Waals surface area (Å²) in [5.74, 6) is -0.255. The van der Waals surface area contributed by atoms with Gasteiger partial charge in [-0.2, -0.15) is 0 Å². The summed E-state index contributed by atoms with van der Waals surface area (Å²) in [4.78, 5) is 7.15. The number of aromatic amines is 1. The zero-order valence-electron chi connectivity index (χ0n) is 11.2. The quantitative estimate of drug-likeness (QED) is 0.894. The van der Waals surface area contributed by atoms with Gasteiger partial charge in [0.1, 0.15) is 17.5 Å². The van der Waals surface area contributed by atoms with Gasteiger partial charge >= 0.3 is 0 Å². The molecule has 2 N–H and O–H groups in total. The van der Waals surface area contributed by atoms with Crippen LogP contribution in [0, 0.1) is 11.6 Å². The number of hydrogen-bond acceptors (Lipinski definition) is 2.